The van der Waals surface area contributed by atoms with Crippen LogP contribution in [0.2, 0.25) is 0 Å². The Morgan fingerprint density at radius 2 is 1.38 bits per heavy atom. The molecule has 2 spiro atoms. The van der Waals surface area contributed by atoms with E-state index in [1.807, 2.05) is 6.08 Å². The third-order valence-corrected chi connectivity index (χ3v) is 17.4. The average molecular weight is 797 g/mol. The van der Waals surface area contributed by atoms with Gasteiger partial charge in [-0.2, -0.15) is 0 Å². The fraction of sp³-hybridized carbons (Fsp3) is 0.929. The van der Waals surface area contributed by atoms with Crippen LogP contribution in [0.5, 0.6) is 0 Å². The first-order chi connectivity index (χ1) is 26.2. The zero-order valence-electron chi connectivity index (χ0n) is 33.9. The maximum atomic E-state index is 11.8. The highest BCUT2D eigenvalue weighted by molar-refractivity contribution is 5.85. The van der Waals surface area contributed by atoms with Gasteiger partial charge >= 0.3 is 5.97 Å². The molecule has 7 rings (SSSR count). The third kappa shape index (κ3) is 6.29. The summed E-state index contributed by atoms with van der Waals surface area (Å²) in [5.74, 6) is 0.363. The molecule has 7 aliphatic rings. The Hall–Kier alpha value is -1.27. The maximum absolute atomic E-state index is 11.8. The molecule has 14 nitrogen and oxygen atoms in total. The molecule has 9 N–H and O–H groups in total. The topological polar surface area (TPSA) is 236 Å². The SMILES string of the molecule is C/C(=C\CCC(C)C1C(O)CC2(C)C3CCC4C(C)(C)C(OC5OC(CO)C(OC6OC(CO)C(O)C(O)C6O)C(O)C5O)CCC45CC35CCC12C)C(=O)O. The summed E-state index contributed by atoms with van der Waals surface area (Å²) in [6, 6.07) is 0. The van der Waals surface area contributed by atoms with Crippen LogP contribution in [-0.2, 0) is 23.7 Å². The Labute approximate surface area is 330 Å². The molecule has 2 heterocycles. The first-order valence-corrected chi connectivity index (χ1v) is 21.1. The molecule has 56 heavy (non-hydrogen) atoms. The van der Waals surface area contributed by atoms with Crippen molar-refractivity contribution in [3.8, 4) is 0 Å². The van der Waals surface area contributed by atoms with E-state index in [1.54, 1.807) is 6.92 Å². The van der Waals surface area contributed by atoms with Crippen LogP contribution < -0.4 is 0 Å². The summed E-state index contributed by atoms with van der Waals surface area (Å²) in [5, 5.41) is 94.5. The van der Waals surface area contributed by atoms with Gasteiger partial charge < -0.3 is 64.9 Å². The van der Waals surface area contributed by atoms with Gasteiger partial charge in [-0.05, 0) is 122 Å². The number of hydrogen-bond donors (Lipinski definition) is 9. The number of rotatable bonds is 11. The van der Waals surface area contributed by atoms with E-state index in [2.05, 4.69) is 34.6 Å². The molecule has 2 aliphatic heterocycles. The van der Waals surface area contributed by atoms with E-state index in [-0.39, 0.29) is 45.0 Å². The zero-order valence-corrected chi connectivity index (χ0v) is 33.9. The lowest BCUT2D eigenvalue weighted by Gasteiger charge is -2.63. The highest BCUT2D eigenvalue weighted by Gasteiger charge is 2.83. The van der Waals surface area contributed by atoms with Crippen LogP contribution in [-0.4, -0.2) is 139 Å². The van der Waals surface area contributed by atoms with Crippen molar-refractivity contribution in [2.45, 2.75) is 179 Å². The minimum absolute atomic E-state index is 0.0217. The summed E-state index contributed by atoms with van der Waals surface area (Å²) in [4.78, 5) is 11.4. The van der Waals surface area contributed by atoms with Crippen molar-refractivity contribution in [2.24, 2.45) is 50.7 Å². The number of carbonyl (C=O) groups is 1. The van der Waals surface area contributed by atoms with E-state index < -0.39 is 86.7 Å². The Kier molecular flexibility index (Phi) is 11.5. The van der Waals surface area contributed by atoms with Crippen molar-refractivity contribution in [2.75, 3.05) is 13.2 Å². The van der Waals surface area contributed by atoms with E-state index in [0.29, 0.717) is 23.8 Å². The molecular formula is C42H68O14. The molecule has 2 saturated heterocycles. The number of ether oxygens (including phenoxy) is 4. The van der Waals surface area contributed by atoms with Crippen LogP contribution in [0.15, 0.2) is 11.6 Å². The second kappa shape index (κ2) is 15.0. The monoisotopic (exact) mass is 796 g/mol. The zero-order chi connectivity index (χ0) is 40.9. The van der Waals surface area contributed by atoms with Crippen molar-refractivity contribution in [1.82, 2.24) is 0 Å². The number of carboxylic acids is 1. The van der Waals surface area contributed by atoms with Gasteiger partial charge in [0.25, 0.3) is 0 Å². The van der Waals surface area contributed by atoms with Gasteiger partial charge in [0.15, 0.2) is 12.6 Å². The van der Waals surface area contributed by atoms with Crippen LogP contribution in [0.1, 0.15) is 106 Å². The molecule has 0 aromatic rings. The number of fused-ring (bicyclic) bond motifs is 2. The quantitative estimate of drug-likeness (QED) is 0.107. The fourth-order valence-corrected chi connectivity index (χ4v) is 14.4. The van der Waals surface area contributed by atoms with E-state index in [0.717, 1.165) is 57.8 Å². The summed E-state index contributed by atoms with van der Waals surface area (Å²) >= 11 is 0. The van der Waals surface area contributed by atoms with Gasteiger partial charge in [-0.15, -0.1) is 0 Å². The molecule has 0 bridgehead atoms. The van der Waals surface area contributed by atoms with Crippen LogP contribution in [0.4, 0.5) is 0 Å². The predicted octanol–water partition coefficient (Wildman–Crippen LogP) is 1.85. The molecule has 5 aliphatic carbocycles. The van der Waals surface area contributed by atoms with Gasteiger partial charge in [0.1, 0.15) is 48.8 Å². The number of allylic oxidation sites excluding steroid dienone is 1. The Morgan fingerprint density at radius 3 is 2.04 bits per heavy atom. The molecule has 14 heteroatoms. The second-order valence-electron chi connectivity index (χ2n) is 20.0. The summed E-state index contributed by atoms with van der Waals surface area (Å²) < 4.78 is 23.9. The van der Waals surface area contributed by atoms with E-state index >= 15 is 0 Å². The maximum Gasteiger partial charge on any atom is 0.330 e. The lowest BCUT2D eigenvalue weighted by Crippen LogP contribution is -2.65. The summed E-state index contributed by atoms with van der Waals surface area (Å²) in [6.07, 6.45) is -4.44. The molecule has 0 amide bonds. The normalized spacial score (nSPS) is 53.0. The average Bonchev–Trinajstić information content (AvgIpc) is 3.76. The molecule has 5 saturated carbocycles. The minimum Gasteiger partial charge on any atom is -0.478 e. The van der Waals surface area contributed by atoms with Crippen LogP contribution >= 0.6 is 0 Å². The number of aliphatic hydroxyl groups excluding tert-OH is 8. The first-order valence-electron chi connectivity index (χ1n) is 21.1. The number of carboxylic acid groups (broad SMARTS) is 1. The molecule has 0 aromatic carbocycles. The third-order valence-electron chi connectivity index (χ3n) is 17.4. The standard InChI is InChI=1S/C42H68O14/c1-20(8-7-9-21(2)35(51)52)28-22(45)16-40(6)26-11-10-25-38(3,4)27(12-13-41(25)19-42(26,41)15-14-39(28,40)5)55-36-33(50)31(48)34(24(18-44)54-36)56-37-32(49)30(47)29(46)23(17-43)53-37/h9,20,22-34,36-37,43-50H,7-8,10-19H2,1-6H3,(H,51,52)/b21-9+. The van der Waals surface area contributed by atoms with Gasteiger partial charge in [0.2, 0.25) is 0 Å². The van der Waals surface area contributed by atoms with Gasteiger partial charge in [0.05, 0.1) is 25.4 Å². The molecule has 0 aromatic heterocycles. The highest BCUT2D eigenvalue weighted by atomic mass is 16.7. The predicted molar refractivity (Wildman–Crippen MR) is 199 cm³/mol. The Bertz CT molecular complexity index is 1490. The molecule has 0 radical (unpaired) electrons. The molecule has 320 valence electrons. The summed E-state index contributed by atoms with van der Waals surface area (Å²) in [7, 11) is 0. The molecule has 20 atom stereocenters. The van der Waals surface area contributed by atoms with E-state index in [4.69, 9.17) is 18.9 Å². The van der Waals surface area contributed by atoms with Crippen molar-refractivity contribution in [3.63, 3.8) is 0 Å². The van der Waals surface area contributed by atoms with Gasteiger partial charge in [-0.1, -0.05) is 40.7 Å². The molecule has 20 unspecified atom stereocenters. The fourth-order valence-electron chi connectivity index (χ4n) is 14.4. The summed E-state index contributed by atoms with van der Waals surface area (Å²) in [5.41, 5.74) is 0.352. The van der Waals surface area contributed by atoms with E-state index in [9.17, 15) is 50.8 Å². The first kappa shape index (κ1) is 42.8. The lowest BCUT2D eigenvalue weighted by molar-refractivity contribution is -0.367. The van der Waals surface area contributed by atoms with Crippen molar-refractivity contribution in [3.05, 3.63) is 11.6 Å². The van der Waals surface area contributed by atoms with Gasteiger partial charge in [0, 0.05) is 5.57 Å². The molecule has 7 fully saturated rings. The van der Waals surface area contributed by atoms with Crippen molar-refractivity contribution < 1.29 is 69.7 Å². The largest absolute Gasteiger partial charge is 0.478 e. The van der Waals surface area contributed by atoms with Crippen LogP contribution in [0.25, 0.3) is 0 Å². The van der Waals surface area contributed by atoms with Gasteiger partial charge in [-0.25, -0.2) is 4.79 Å². The van der Waals surface area contributed by atoms with Crippen molar-refractivity contribution >= 4 is 5.97 Å². The number of hydrogen-bond acceptors (Lipinski definition) is 13. The van der Waals surface area contributed by atoms with Crippen LogP contribution in [0.3, 0.4) is 0 Å². The highest BCUT2D eigenvalue weighted by Crippen LogP contribution is 2.89. The van der Waals surface area contributed by atoms with Crippen LogP contribution in [0, 0.1) is 50.7 Å². The van der Waals surface area contributed by atoms with Crippen molar-refractivity contribution in [1.29, 1.82) is 0 Å². The Balaban J connectivity index is 1.03. The smallest absolute Gasteiger partial charge is 0.330 e. The number of aliphatic carboxylic acids is 1. The minimum atomic E-state index is -1.74. The lowest BCUT2D eigenvalue weighted by atomic mass is 9.41. The van der Waals surface area contributed by atoms with Gasteiger partial charge in [-0.3, -0.25) is 0 Å². The molecular weight excluding hydrogens is 728 g/mol. The van der Waals surface area contributed by atoms with E-state index in [1.165, 1.54) is 0 Å². The number of aliphatic hydroxyl groups is 8. The summed E-state index contributed by atoms with van der Waals surface area (Å²) in [6.45, 7) is 11.9. The Morgan fingerprint density at radius 1 is 0.768 bits per heavy atom. The second-order valence-corrected chi connectivity index (χ2v) is 20.0.